The molecule has 0 spiro atoms. The van der Waals surface area contributed by atoms with Crippen LogP contribution in [0.3, 0.4) is 0 Å². The Labute approximate surface area is 245 Å². The molecule has 4 rings (SSSR count). The number of halogens is 1. The van der Waals surface area contributed by atoms with Gasteiger partial charge in [-0.2, -0.15) is 4.31 Å². The number of hydrogen-bond acceptors (Lipinski definition) is 5. The first-order valence-electron chi connectivity index (χ1n) is 14.6. The average Bonchev–Trinajstić information content (AvgIpc) is 2.96. The Morgan fingerprint density at radius 1 is 0.975 bits per heavy atom. The van der Waals surface area contributed by atoms with E-state index in [9.17, 15) is 13.2 Å². The molecular formula is C31H44ClN3O4S. The summed E-state index contributed by atoms with van der Waals surface area (Å²) in [7, 11) is 0.867. The highest BCUT2D eigenvalue weighted by molar-refractivity contribution is 7.89. The number of hydrogen-bond donors (Lipinski definition) is 1. The normalized spacial score (nSPS) is 21.8. The summed E-state index contributed by atoms with van der Waals surface area (Å²) >= 11 is 6.10. The zero-order valence-corrected chi connectivity index (χ0v) is 25.4. The van der Waals surface area contributed by atoms with Crippen LogP contribution < -0.4 is 5.32 Å². The predicted molar refractivity (Wildman–Crippen MR) is 160 cm³/mol. The zero-order valence-electron chi connectivity index (χ0n) is 23.8. The lowest BCUT2D eigenvalue weighted by molar-refractivity contribution is -0.126. The minimum absolute atomic E-state index is 0.0572. The third-order valence-corrected chi connectivity index (χ3v) is 10.7. The number of sulfonamides is 1. The van der Waals surface area contributed by atoms with Crippen LogP contribution in [0.25, 0.3) is 0 Å². The van der Waals surface area contributed by atoms with E-state index in [1.165, 1.54) is 5.56 Å². The van der Waals surface area contributed by atoms with Crippen LogP contribution in [0.2, 0.25) is 5.02 Å². The van der Waals surface area contributed by atoms with Crippen LogP contribution >= 0.6 is 11.6 Å². The number of piperidine rings is 1. The molecule has 1 saturated heterocycles. The minimum atomic E-state index is -3.42. The fourth-order valence-electron chi connectivity index (χ4n) is 6.26. The Morgan fingerprint density at radius 3 is 2.25 bits per heavy atom. The van der Waals surface area contributed by atoms with Crippen molar-refractivity contribution in [1.29, 1.82) is 0 Å². The maximum absolute atomic E-state index is 12.8. The van der Waals surface area contributed by atoms with E-state index in [-0.39, 0.29) is 12.5 Å². The molecule has 1 atom stereocenters. The van der Waals surface area contributed by atoms with E-state index in [1.807, 2.05) is 18.2 Å². The van der Waals surface area contributed by atoms with Gasteiger partial charge in [0.25, 0.3) is 0 Å². The Balaban J connectivity index is 1.09. The highest BCUT2D eigenvalue weighted by Gasteiger charge is 2.31. The van der Waals surface area contributed by atoms with E-state index in [0.717, 1.165) is 50.0 Å². The monoisotopic (exact) mass is 589 g/mol. The molecule has 2 aliphatic rings. The van der Waals surface area contributed by atoms with Crippen LogP contribution in [-0.4, -0.2) is 70.5 Å². The van der Waals surface area contributed by atoms with Crippen LogP contribution in [0.4, 0.5) is 0 Å². The van der Waals surface area contributed by atoms with Crippen LogP contribution in [-0.2, 0) is 19.6 Å². The third kappa shape index (κ3) is 8.52. The summed E-state index contributed by atoms with van der Waals surface area (Å²) in [6, 6.07) is 17.2. The van der Waals surface area contributed by atoms with E-state index in [2.05, 4.69) is 36.4 Å². The molecular weight excluding hydrogens is 546 g/mol. The largest absolute Gasteiger partial charge is 0.372 e. The van der Waals surface area contributed by atoms with Crippen LogP contribution in [0.15, 0.2) is 59.5 Å². The summed E-state index contributed by atoms with van der Waals surface area (Å²) in [5.74, 6) is 1.46. The molecule has 1 saturated carbocycles. The molecule has 2 fully saturated rings. The highest BCUT2D eigenvalue weighted by atomic mass is 35.5. The van der Waals surface area contributed by atoms with Gasteiger partial charge in [0.1, 0.15) is 6.61 Å². The second-order valence-corrected chi connectivity index (χ2v) is 13.9. The van der Waals surface area contributed by atoms with Gasteiger partial charge in [-0.15, -0.1) is 0 Å². The fourth-order valence-corrected chi connectivity index (χ4v) is 7.88. The first-order chi connectivity index (χ1) is 19.2. The number of carbonyl (C=O) groups is 1. The quantitative estimate of drug-likeness (QED) is 0.337. The third-order valence-electron chi connectivity index (χ3n) is 8.55. The number of ether oxygens (including phenoxy) is 1. The molecule has 2 aromatic carbocycles. The van der Waals surface area contributed by atoms with Gasteiger partial charge in [-0.1, -0.05) is 41.9 Å². The van der Waals surface area contributed by atoms with Gasteiger partial charge in [0.05, 0.1) is 4.90 Å². The Hall–Kier alpha value is -1.97. The molecule has 0 aromatic heterocycles. The highest BCUT2D eigenvalue weighted by Crippen LogP contribution is 2.39. The number of amides is 1. The molecule has 9 heteroatoms. The van der Waals surface area contributed by atoms with Crippen molar-refractivity contribution in [2.45, 2.75) is 55.9 Å². The first kappa shape index (κ1) is 31.0. The van der Waals surface area contributed by atoms with Gasteiger partial charge in [0.15, 0.2) is 0 Å². The summed E-state index contributed by atoms with van der Waals surface area (Å²) in [5, 5.41) is 3.84. The Morgan fingerprint density at radius 2 is 1.62 bits per heavy atom. The van der Waals surface area contributed by atoms with Gasteiger partial charge in [0, 0.05) is 37.3 Å². The molecule has 1 amide bonds. The van der Waals surface area contributed by atoms with Gasteiger partial charge in [0.2, 0.25) is 15.9 Å². The van der Waals surface area contributed by atoms with E-state index >= 15 is 0 Å². The second-order valence-electron chi connectivity index (χ2n) is 11.5. The maximum Gasteiger partial charge on any atom is 0.246 e. The average molecular weight is 590 g/mol. The van der Waals surface area contributed by atoms with Gasteiger partial charge >= 0.3 is 0 Å². The zero-order chi connectivity index (χ0) is 28.5. The van der Waals surface area contributed by atoms with Crippen molar-refractivity contribution in [3.8, 4) is 0 Å². The Bertz CT molecular complexity index is 1160. The van der Waals surface area contributed by atoms with Gasteiger partial charge in [-0.05, 0) is 107 Å². The summed E-state index contributed by atoms with van der Waals surface area (Å²) in [6.07, 6.45) is 7.00. The summed E-state index contributed by atoms with van der Waals surface area (Å²) in [4.78, 5) is 15.0. The lowest BCUT2D eigenvalue weighted by Gasteiger charge is -2.37. The lowest BCUT2D eigenvalue weighted by Crippen LogP contribution is -2.38. The first-order valence-corrected chi connectivity index (χ1v) is 16.4. The maximum atomic E-state index is 12.8. The van der Waals surface area contributed by atoms with E-state index in [4.69, 9.17) is 16.3 Å². The standard InChI is InChI=1S/C31H44ClN3O4S/c1-34(2)31(27-12-14-28(32)15-13-27)26-10-8-25(9-11-26)22-33-30(36)23-39-21-18-24-16-19-35(20-17-24)40(37,38)29-6-4-3-5-7-29/h3-7,12-15,24-26,31H,8-11,16-23H2,1-2H3,(H,33,36). The molecule has 220 valence electrons. The van der Waals surface area contributed by atoms with Crippen molar-refractivity contribution in [1.82, 2.24) is 14.5 Å². The number of rotatable bonds is 12. The van der Waals surface area contributed by atoms with Crippen LogP contribution in [0.5, 0.6) is 0 Å². The molecule has 7 nitrogen and oxygen atoms in total. The molecule has 1 aliphatic carbocycles. The fraction of sp³-hybridized carbons (Fsp3) is 0.581. The van der Waals surface area contributed by atoms with E-state index in [1.54, 1.807) is 28.6 Å². The number of benzene rings is 2. The van der Waals surface area contributed by atoms with E-state index in [0.29, 0.717) is 54.9 Å². The topological polar surface area (TPSA) is 79.0 Å². The Kier molecular flexibility index (Phi) is 11.4. The SMILES string of the molecule is CN(C)C(c1ccc(Cl)cc1)C1CCC(CNC(=O)COCCC2CCN(S(=O)(=O)c3ccccc3)CC2)CC1. The van der Waals surface area contributed by atoms with Gasteiger partial charge in [-0.25, -0.2) is 8.42 Å². The summed E-state index contributed by atoms with van der Waals surface area (Å²) in [6.45, 7) is 2.36. The molecule has 1 N–H and O–H groups in total. The smallest absolute Gasteiger partial charge is 0.246 e. The molecule has 40 heavy (non-hydrogen) atoms. The van der Waals surface area contributed by atoms with E-state index < -0.39 is 10.0 Å². The second kappa shape index (κ2) is 14.8. The van der Waals surface area contributed by atoms with Crippen molar-refractivity contribution >= 4 is 27.5 Å². The number of nitrogens with zero attached hydrogens (tertiary/aromatic N) is 2. The summed E-state index contributed by atoms with van der Waals surface area (Å²) < 4.78 is 32.9. The number of carbonyl (C=O) groups excluding carboxylic acids is 1. The molecule has 1 unspecified atom stereocenters. The molecule has 2 aromatic rings. The minimum Gasteiger partial charge on any atom is -0.372 e. The lowest BCUT2D eigenvalue weighted by atomic mass is 9.76. The summed E-state index contributed by atoms with van der Waals surface area (Å²) in [5.41, 5.74) is 1.31. The van der Waals surface area contributed by atoms with Gasteiger partial charge in [-0.3, -0.25) is 4.79 Å². The molecule has 1 aliphatic heterocycles. The molecule has 1 heterocycles. The van der Waals surface area contributed by atoms with Gasteiger partial charge < -0.3 is 15.0 Å². The van der Waals surface area contributed by atoms with Crippen LogP contribution in [0.1, 0.15) is 56.6 Å². The van der Waals surface area contributed by atoms with Crippen LogP contribution in [0, 0.1) is 17.8 Å². The predicted octanol–water partition coefficient (Wildman–Crippen LogP) is 5.37. The van der Waals surface area contributed by atoms with Crippen molar-refractivity contribution in [2.24, 2.45) is 17.8 Å². The molecule has 0 radical (unpaired) electrons. The van der Waals surface area contributed by atoms with Crippen molar-refractivity contribution in [3.63, 3.8) is 0 Å². The number of nitrogens with one attached hydrogen (secondary N) is 1. The van der Waals surface area contributed by atoms with Crippen molar-refractivity contribution < 1.29 is 17.9 Å². The van der Waals surface area contributed by atoms with Crippen molar-refractivity contribution in [3.05, 3.63) is 65.2 Å². The molecule has 0 bridgehead atoms. The van der Waals surface area contributed by atoms with Crippen molar-refractivity contribution in [2.75, 3.05) is 46.9 Å².